The Morgan fingerprint density at radius 3 is 2.66 bits per heavy atom. The van der Waals surface area contributed by atoms with Crippen LogP contribution in [0.1, 0.15) is 45.6 Å². The molecule has 0 spiro atoms. The second-order valence-corrected chi connectivity index (χ2v) is 9.64. The number of anilines is 2. The highest BCUT2D eigenvalue weighted by Gasteiger charge is 2.31. The number of benzene rings is 2. The third-order valence-corrected chi connectivity index (χ3v) is 7.00. The monoisotopic (exact) mass is 468 g/mol. The molecule has 2 aromatic heterocycles. The largest absolute Gasteiger partial charge is 0.339 e. The third kappa shape index (κ3) is 4.35. The summed E-state index contributed by atoms with van der Waals surface area (Å²) in [7, 11) is 0. The van der Waals surface area contributed by atoms with E-state index in [1.165, 1.54) is 16.7 Å². The number of amides is 1. The minimum Gasteiger partial charge on any atom is -0.339 e. The topological polar surface area (TPSA) is 103 Å². The highest BCUT2D eigenvalue weighted by Crippen LogP contribution is 2.29. The maximum absolute atomic E-state index is 13.0. The van der Waals surface area contributed by atoms with Crippen LogP contribution in [0.5, 0.6) is 0 Å². The van der Waals surface area contributed by atoms with Crippen molar-refractivity contribution in [2.24, 2.45) is 0 Å². The molecule has 0 unspecified atom stereocenters. The fourth-order valence-electron chi connectivity index (χ4n) is 5.26. The average molecular weight is 469 g/mol. The molecule has 0 bridgehead atoms. The summed E-state index contributed by atoms with van der Waals surface area (Å²) in [4.78, 5) is 26.8. The molecule has 2 aliphatic rings. The van der Waals surface area contributed by atoms with Crippen molar-refractivity contribution in [3.05, 3.63) is 70.5 Å². The normalized spacial score (nSPS) is 16.6. The molecule has 0 saturated carbocycles. The van der Waals surface area contributed by atoms with E-state index in [2.05, 4.69) is 62.7 Å². The van der Waals surface area contributed by atoms with E-state index in [0.29, 0.717) is 23.1 Å². The van der Waals surface area contributed by atoms with E-state index in [1.54, 1.807) is 0 Å². The van der Waals surface area contributed by atoms with Crippen LogP contribution in [-0.2, 0) is 13.1 Å². The Morgan fingerprint density at radius 1 is 1.06 bits per heavy atom. The van der Waals surface area contributed by atoms with Crippen LogP contribution in [-0.4, -0.2) is 60.2 Å². The number of H-pyrrole nitrogens is 1. The smallest absolute Gasteiger partial charge is 0.253 e. The first-order valence-corrected chi connectivity index (χ1v) is 12.1. The number of nitrogens with zero attached hydrogens (tertiary/aromatic N) is 6. The standard InChI is InChI=1S/C26H28N8O/c1-16-9-17(2)11-20(10-16)28-26-27-13-19-14-34(15-24(19)29-26)21-5-7-33(8-6-21)25(35)18-3-4-22-23(12-18)31-32-30-22/h3-4,9-13,21H,5-8,14-15H2,1-2H3,(H,27,28,29)(H,30,31,32). The van der Waals surface area contributed by atoms with Gasteiger partial charge in [0.1, 0.15) is 5.52 Å². The molecule has 9 nitrogen and oxygen atoms in total. The summed E-state index contributed by atoms with van der Waals surface area (Å²) in [5.41, 5.74) is 7.93. The lowest BCUT2D eigenvalue weighted by Crippen LogP contribution is -2.45. The lowest BCUT2D eigenvalue weighted by molar-refractivity contribution is 0.0613. The SMILES string of the molecule is Cc1cc(C)cc(Nc2ncc3c(n2)CN(C2CCN(C(=O)c4ccc5[nH]nnc5c4)CC2)C3)c1. The van der Waals surface area contributed by atoms with E-state index in [0.717, 1.165) is 55.9 Å². The number of nitrogens with one attached hydrogen (secondary N) is 2. The van der Waals surface area contributed by atoms with E-state index in [9.17, 15) is 4.79 Å². The molecule has 2 aromatic carbocycles. The van der Waals surface area contributed by atoms with Gasteiger partial charge in [0.15, 0.2) is 0 Å². The quantitative estimate of drug-likeness (QED) is 0.470. The van der Waals surface area contributed by atoms with Crippen molar-refractivity contribution in [3.63, 3.8) is 0 Å². The number of aromatic amines is 1. The summed E-state index contributed by atoms with van der Waals surface area (Å²) in [6.07, 6.45) is 3.85. The van der Waals surface area contributed by atoms with Gasteiger partial charge in [-0.25, -0.2) is 9.97 Å². The average Bonchev–Trinajstić information content (AvgIpc) is 3.49. The van der Waals surface area contributed by atoms with Crippen molar-refractivity contribution in [3.8, 4) is 0 Å². The zero-order chi connectivity index (χ0) is 23.9. The van der Waals surface area contributed by atoms with Gasteiger partial charge in [0.2, 0.25) is 5.95 Å². The van der Waals surface area contributed by atoms with Crippen LogP contribution >= 0.6 is 0 Å². The van der Waals surface area contributed by atoms with Crippen LogP contribution in [0, 0.1) is 13.8 Å². The molecular formula is C26H28N8O. The lowest BCUT2D eigenvalue weighted by Gasteiger charge is -2.36. The van der Waals surface area contributed by atoms with Gasteiger partial charge in [-0.1, -0.05) is 11.3 Å². The third-order valence-electron chi connectivity index (χ3n) is 7.00. The summed E-state index contributed by atoms with van der Waals surface area (Å²) in [6, 6.07) is 12.3. The molecule has 0 aliphatic carbocycles. The van der Waals surface area contributed by atoms with Gasteiger partial charge in [-0.05, 0) is 68.1 Å². The highest BCUT2D eigenvalue weighted by molar-refractivity contribution is 5.97. The zero-order valence-electron chi connectivity index (χ0n) is 20.0. The molecule has 1 saturated heterocycles. The fourth-order valence-corrected chi connectivity index (χ4v) is 5.26. The van der Waals surface area contributed by atoms with Crippen LogP contribution < -0.4 is 5.32 Å². The number of carbonyl (C=O) groups excluding carboxylic acids is 1. The van der Waals surface area contributed by atoms with Gasteiger partial charge in [-0.2, -0.15) is 0 Å². The molecule has 35 heavy (non-hydrogen) atoms. The van der Waals surface area contributed by atoms with Crippen molar-refractivity contribution in [1.29, 1.82) is 0 Å². The summed E-state index contributed by atoms with van der Waals surface area (Å²) in [6.45, 7) is 7.36. The fraction of sp³-hybridized carbons (Fsp3) is 0.346. The number of fused-ring (bicyclic) bond motifs is 2. The predicted octanol–water partition coefficient (Wildman–Crippen LogP) is 3.73. The van der Waals surface area contributed by atoms with E-state index in [-0.39, 0.29) is 5.91 Å². The van der Waals surface area contributed by atoms with Crippen LogP contribution in [0.15, 0.2) is 42.6 Å². The Labute approximate surface area is 203 Å². The maximum Gasteiger partial charge on any atom is 0.253 e. The van der Waals surface area contributed by atoms with Crippen molar-refractivity contribution >= 4 is 28.6 Å². The molecule has 178 valence electrons. The first-order valence-electron chi connectivity index (χ1n) is 12.1. The molecular weight excluding hydrogens is 440 g/mol. The first kappa shape index (κ1) is 21.7. The van der Waals surface area contributed by atoms with Gasteiger partial charge in [0, 0.05) is 55.2 Å². The number of carbonyl (C=O) groups is 1. The molecule has 4 heterocycles. The van der Waals surface area contributed by atoms with E-state index in [4.69, 9.17) is 4.98 Å². The molecule has 1 fully saturated rings. The maximum atomic E-state index is 13.0. The van der Waals surface area contributed by atoms with E-state index in [1.807, 2.05) is 29.3 Å². The number of hydrogen-bond acceptors (Lipinski definition) is 7. The summed E-state index contributed by atoms with van der Waals surface area (Å²) < 4.78 is 0. The van der Waals surface area contributed by atoms with Gasteiger partial charge < -0.3 is 10.2 Å². The molecule has 2 N–H and O–H groups in total. The number of rotatable bonds is 4. The Hall–Kier alpha value is -3.85. The molecule has 0 atom stereocenters. The van der Waals surface area contributed by atoms with E-state index < -0.39 is 0 Å². The van der Waals surface area contributed by atoms with Gasteiger partial charge >= 0.3 is 0 Å². The van der Waals surface area contributed by atoms with Crippen molar-refractivity contribution in [2.75, 3.05) is 18.4 Å². The number of piperidine rings is 1. The second kappa shape index (κ2) is 8.74. The minimum absolute atomic E-state index is 0.0611. The number of hydrogen-bond donors (Lipinski definition) is 2. The van der Waals surface area contributed by atoms with E-state index >= 15 is 0 Å². The van der Waals surface area contributed by atoms with Gasteiger partial charge in [0.05, 0.1) is 11.2 Å². The van der Waals surface area contributed by atoms with Crippen LogP contribution in [0.4, 0.5) is 11.6 Å². The van der Waals surface area contributed by atoms with Crippen molar-refractivity contribution in [2.45, 2.75) is 45.8 Å². The zero-order valence-corrected chi connectivity index (χ0v) is 20.0. The number of aryl methyl sites for hydroxylation is 2. The molecule has 0 radical (unpaired) electrons. The van der Waals surface area contributed by atoms with Crippen LogP contribution in [0.3, 0.4) is 0 Å². The van der Waals surface area contributed by atoms with Crippen LogP contribution in [0.2, 0.25) is 0 Å². The predicted molar refractivity (Wildman–Crippen MR) is 133 cm³/mol. The van der Waals surface area contributed by atoms with Crippen molar-refractivity contribution in [1.82, 2.24) is 35.2 Å². The minimum atomic E-state index is 0.0611. The second-order valence-electron chi connectivity index (χ2n) is 9.64. The van der Waals surface area contributed by atoms with Gasteiger partial charge in [0.25, 0.3) is 5.91 Å². The molecule has 2 aliphatic heterocycles. The molecule has 9 heteroatoms. The molecule has 1 amide bonds. The highest BCUT2D eigenvalue weighted by atomic mass is 16.2. The Balaban J connectivity index is 1.08. The van der Waals surface area contributed by atoms with Gasteiger partial charge in [-0.3, -0.25) is 14.8 Å². The Kier molecular flexibility index (Phi) is 5.41. The van der Waals surface area contributed by atoms with Crippen LogP contribution in [0.25, 0.3) is 11.0 Å². The number of likely N-dealkylation sites (tertiary alicyclic amines) is 1. The van der Waals surface area contributed by atoms with Gasteiger partial charge in [-0.15, -0.1) is 5.10 Å². The first-order chi connectivity index (χ1) is 17.0. The summed E-state index contributed by atoms with van der Waals surface area (Å²) in [5.74, 6) is 0.700. The molecule has 6 rings (SSSR count). The Morgan fingerprint density at radius 2 is 1.86 bits per heavy atom. The summed E-state index contributed by atoms with van der Waals surface area (Å²) in [5, 5.41) is 14.0. The summed E-state index contributed by atoms with van der Waals surface area (Å²) >= 11 is 0. The molecule has 4 aromatic rings. The number of aromatic nitrogens is 5. The Bertz CT molecular complexity index is 1390. The van der Waals surface area contributed by atoms with Crippen molar-refractivity contribution < 1.29 is 4.79 Å². The lowest BCUT2D eigenvalue weighted by atomic mass is 10.0.